The zero-order valence-electron chi connectivity index (χ0n) is 14.2. The fourth-order valence-electron chi connectivity index (χ4n) is 2.42. The fraction of sp³-hybridized carbons (Fsp3) is 0.167. The molecule has 0 spiro atoms. The highest BCUT2D eigenvalue weighted by Crippen LogP contribution is 2.32. The van der Waals surface area contributed by atoms with Gasteiger partial charge in [-0.15, -0.1) is 0 Å². The number of benzene rings is 1. The molecule has 3 aromatic rings. The summed E-state index contributed by atoms with van der Waals surface area (Å²) in [5, 5.41) is 13.1. The van der Waals surface area contributed by atoms with Crippen LogP contribution in [0.2, 0.25) is 0 Å². The molecule has 0 aliphatic carbocycles. The lowest BCUT2D eigenvalue weighted by molar-refractivity contribution is -0.137. The average molecular weight is 376 g/mol. The van der Waals surface area contributed by atoms with Crippen molar-refractivity contribution in [1.29, 1.82) is 5.26 Å². The van der Waals surface area contributed by atoms with Crippen LogP contribution in [-0.4, -0.2) is 14.8 Å². The molecule has 0 radical (unpaired) electrons. The maximum atomic E-state index is 14.1. The molecular formula is C18H12F4N4O. The Balaban J connectivity index is 2.00. The zero-order valence-corrected chi connectivity index (χ0v) is 14.2. The van der Waals surface area contributed by atoms with E-state index in [1.54, 1.807) is 0 Å². The third-order valence-corrected chi connectivity index (χ3v) is 3.74. The van der Waals surface area contributed by atoms with Gasteiger partial charge in [0.2, 0.25) is 11.7 Å². The van der Waals surface area contributed by atoms with E-state index in [1.807, 2.05) is 6.07 Å². The van der Waals surface area contributed by atoms with Gasteiger partial charge in [-0.05, 0) is 25.1 Å². The standard InChI is InChI=1S/C18H12F4N4O/c1-10-16(19)17(26(2)25-10)27-15-8-11(9-23)7-14(24-15)12-3-5-13(6-4-12)18(20,21)22/h3-8H,1-2H3. The molecule has 1 aromatic carbocycles. The van der Waals surface area contributed by atoms with E-state index in [0.717, 1.165) is 12.1 Å². The van der Waals surface area contributed by atoms with Crippen molar-refractivity contribution < 1.29 is 22.3 Å². The van der Waals surface area contributed by atoms with Crippen LogP contribution < -0.4 is 4.74 Å². The fourth-order valence-corrected chi connectivity index (χ4v) is 2.42. The normalized spacial score (nSPS) is 11.3. The Labute approximate surface area is 151 Å². The van der Waals surface area contributed by atoms with Crippen molar-refractivity contribution in [3.8, 4) is 29.1 Å². The van der Waals surface area contributed by atoms with E-state index in [0.29, 0.717) is 5.56 Å². The number of rotatable bonds is 3. The van der Waals surface area contributed by atoms with Gasteiger partial charge in [0.05, 0.1) is 28.6 Å². The van der Waals surface area contributed by atoms with Crippen molar-refractivity contribution >= 4 is 0 Å². The van der Waals surface area contributed by atoms with Crippen LogP contribution in [0, 0.1) is 24.1 Å². The topological polar surface area (TPSA) is 63.7 Å². The van der Waals surface area contributed by atoms with E-state index in [9.17, 15) is 22.8 Å². The largest absolute Gasteiger partial charge is 0.418 e. The molecule has 0 atom stereocenters. The molecule has 0 aliphatic heterocycles. The third kappa shape index (κ3) is 3.74. The van der Waals surface area contributed by atoms with Gasteiger partial charge in [0.1, 0.15) is 0 Å². The molecule has 0 fully saturated rings. The van der Waals surface area contributed by atoms with Crippen LogP contribution in [0.15, 0.2) is 36.4 Å². The number of aromatic nitrogens is 3. The second-order valence-electron chi connectivity index (χ2n) is 5.70. The first-order valence-electron chi connectivity index (χ1n) is 7.66. The molecule has 2 heterocycles. The number of nitrogens with zero attached hydrogens (tertiary/aromatic N) is 4. The van der Waals surface area contributed by atoms with Gasteiger partial charge >= 0.3 is 6.18 Å². The molecule has 0 unspecified atom stereocenters. The summed E-state index contributed by atoms with van der Waals surface area (Å²) in [6, 6.07) is 8.94. The first-order valence-corrected chi connectivity index (χ1v) is 7.66. The predicted octanol–water partition coefficient (Wildman–Crippen LogP) is 4.61. The molecule has 5 nitrogen and oxygen atoms in total. The molecular weight excluding hydrogens is 364 g/mol. The van der Waals surface area contributed by atoms with Crippen molar-refractivity contribution in [2.24, 2.45) is 7.05 Å². The second kappa shape index (κ2) is 6.72. The van der Waals surface area contributed by atoms with Gasteiger partial charge in [0.25, 0.3) is 5.88 Å². The van der Waals surface area contributed by atoms with Crippen molar-refractivity contribution in [2.45, 2.75) is 13.1 Å². The summed E-state index contributed by atoms with van der Waals surface area (Å²) in [5.74, 6) is -0.933. The van der Waals surface area contributed by atoms with E-state index in [2.05, 4.69) is 10.1 Å². The summed E-state index contributed by atoms with van der Waals surface area (Å²) in [5.41, 5.74) is 0.0661. The summed E-state index contributed by atoms with van der Waals surface area (Å²) >= 11 is 0. The molecule has 3 rings (SSSR count). The van der Waals surface area contributed by atoms with Crippen LogP contribution in [0.4, 0.5) is 17.6 Å². The molecule has 0 saturated heterocycles. The number of aryl methyl sites for hydroxylation is 2. The van der Waals surface area contributed by atoms with Gasteiger partial charge in [-0.3, -0.25) is 0 Å². The van der Waals surface area contributed by atoms with Gasteiger partial charge in [-0.25, -0.2) is 9.67 Å². The van der Waals surface area contributed by atoms with Crippen LogP contribution >= 0.6 is 0 Å². The molecule has 9 heteroatoms. The van der Waals surface area contributed by atoms with Gasteiger partial charge in [0, 0.05) is 18.7 Å². The molecule has 0 saturated carbocycles. The SMILES string of the molecule is Cc1nn(C)c(Oc2cc(C#N)cc(-c3ccc(C(F)(F)F)cc3)n2)c1F. The second-order valence-corrected chi connectivity index (χ2v) is 5.70. The minimum Gasteiger partial charge on any atom is -0.418 e. The Hall–Kier alpha value is -3.41. The van der Waals surface area contributed by atoms with Crippen LogP contribution in [-0.2, 0) is 13.2 Å². The Morgan fingerprint density at radius 1 is 1.15 bits per heavy atom. The van der Waals surface area contributed by atoms with Crippen molar-refractivity contribution in [3.63, 3.8) is 0 Å². The number of nitriles is 1. The van der Waals surface area contributed by atoms with E-state index in [-0.39, 0.29) is 28.7 Å². The highest BCUT2D eigenvalue weighted by atomic mass is 19.4. The van der Waals surface area contributed by atoms with Crippen LogP contribution in [0.1, 0.15) is 16.8 Å². The smallest absolute Gasteiger partial charge is 0.416 e. The maximum absolute atomic E-state index is 14.1. The van der Waals surface area contributed by atoms with Crippen molar-refractivity contribution in [1.82, 2.24) is 14.8 Å². The number of hydrogen-bond acceptors (Lipinski definition) is 4. The van der Waals surface area contributed by atoms with E-state index in [1.165, 1.54) is 42.9 Å². The van der Waals surface area contributed by atoms with Gasteiger partial charge in [-0.1, -0.05) is 12.1 Å². The van der Waals surface area contributed by atoms with Crippen LogP contribution in [0.3, 0.4) is 0 Å². The number of halogens is 4. The monoisotopic (exact) mass is 376 g/mol. The highest BCUT2D eigenvalue weighted by molar-refractivity contribution is 5.62. The van der Waals surface area contributed by atoms with Gasteiger partial charge < -0.3 is 4.74 Å². The van der Waals surface area contributed by atoms with E-state index >= 15 is 0 Å². The van der Waals surface area contributed by atoms with Crippen molar-refractivity contribution in [2.75, 3.05) is 0 Å². The number of pyridine rings is 1. The third-order valence-electron chi connectivity index (χ3n) is 3.74. The lowest BCUT2D eigenvalue weighted by Gasteiger charge is -2.10. The summed E-state index contributed by atoms with van der Waals surface area (Å²) in [4.78, 5) is 4.17. The maximum Gasteiger partial charge on any atom is 0.416 e. The number of ether oxygens (including phenoxy) is 1. The first kappa shape index (κ1) is 18.4. The lowest BCUT2D eigenvalue weighted by atomic mass is 10.1. The summed E-state index contributed by atoms with van der Waals surface area (Å²) in [6.07, 6.45) is -4.45. The summed E-state index contributed by atoms with van der Waals surface area (Å²) in [7, 11) is 1.48. The minimum atomic E-state index is -4.45. The molecule has 0 bridgehead atoms. The molecule has 138 valence electrons. The van der Waals surface area contributed by atoms with E-state index in [4.69, 9.17) is 4.74 Å². The lowest BCUT2D eigenvalue weighted by Crippen LogP contribution is -2.04. The zero-order chi connectivity index (χ0) is 19.8. The Bertz CT molecular complexity index is 1030. The summed E-state index contributed by atoms with van der Waals surface area (Å²) in [6.45, 7) is 1.47. The highest BCUT2D eigenvalue weighted by Gasteiger charge is 2.30. The molecule has 0 amide bonds. The average Bonchev–Trinajstić information content (AvgIpc) is 2.87. The van der Waals surface area contributed by atoms with E-state index < -0.39 is 17.6 Å². The predicted molar refractivity (Wildman–Crippen MR) is 87.4 cm³/mol. The van der Waals surface area contributed by atoms with Gasteiger partial charge in [-0.2, -0.15) is 27.9 Å². The minimum absolute atomic E-state index is 0.0779. The molecule has 0 N–H and O–H groups in total. The molecule has 0 aliphatic rings. The van der Waals surface area contributed by atoms with Crippen LogP contribution in [0.5, 0.6) is 11.8 Å². The van der Waals surface area contributed by atoms with Gasteiger partial charge in [0.15, 0.2) is 0 Å². The van der Waals surface area contributed by atoms with Crippen LogP contribution in [0.25, 0.3) is 11.3 Å². The quantitative estimate of drug-likeness (QED) is 0.626. The Morgan fingerprint density at radius 3 is 2.33 bits per heavy atom. The first-order chi connectivity index (χ1) is 12.7. The number of hydrogen-bond donors (Lipinski definition) is 0. The Kier molecular flexibility index (Phi) is 4.57. The van der Waals surface area contributed by atoms with Crippen molar-refractivity contribution in [3.05, 3.63) is 59.0 Å². The number of alkyl halides is 3. The molecule has 27 heavy (non-hydrogen) atoms. The summed E-state index contributed by atoms with van der Waals surface area (Å²) < 4.78 is 58.8. The molecule has 2 aromatic heterocycles. The Morgan fingerprint density at radius 2 is 1.81 bits per heavy atom.